The molecule has 0 bridgehead atoms. The number of Topliss-reactive ketones (excluding diaryl/α,β-unsaturated/α-hetero) is 1. The number of rotatable bonds is 4. The first-order chi connectivity index (χ1) is 5.74. The maximum Gasteiger partial charge on any atom is 0.202 e. The minimum Gasteiger partial charge on any atom is -0.342 e. The predicted octanol–water partition coefficient (Wildman–Crippen LogP) is 1.95. The van der Waals surface area contributed by atoms with Crippen LogP contribution in [0.2, 0.25) is 0 Å². The summed E-state index contributed by atoms with van der Waals surface area (Å²) in [6.07, 6.45) is 4.44. The molecule has 0 unspecified atom stereocenters. The number of hydrogen-bond acceptors (Lipinski definition) is 2. The van der Waals surface area contributed by atoms with Crippen molar-refractivity contribution in [3.63, 3.8) is 0 Å². The molecule has 1 aromatic heterocycles. The lowest BCUT2D eigenvalue weighted by atomic mass is 10.1. The molecule has 0 atom stereocenters. The maximum absolute atomic E-state index is 11.3. The summed E-state index contributed by atoms with van der Waals surface area (Å²) in [7, 11) is 0. The molecule has 0 spiro atoms. The van der Waals surface area contributed by atoms with E-state index in [0.717, 1.165) is 12.0 Å². The number of ketones is 1. The van der Waals surface area contributed by atoms with Gasteiger partial charge in [0.2, 0.25) is 5.78 Å². The van der Waals surface area contributed by atoms with Crippen LogP contribution in [0, 0.1) is 0 Å². The molecule has 0 fully saturated rings. The van der Waals surface area contributed by atoms with E-state index in [9.17, 15) is 4.79 Å². The molecule has 1 aromatic rings. The van der Waals surface area contributed by atoms with E-state index in [-0.39, 0.29) is 5.78 Å². The fraction of sp³-hybridized carbons (Fsp3) is 0.333. The van der Waals surface area contributed by atoms with Gasteiger partial charge in [0, 0.05) is 18.8 Å². The molecule has 0 saturated heterocycles. The highest BCUT2D eigenvalue weighted by atomic mass is 16.1. The van der Waals surface area contributed by atoms with Gasteiger partial charge in [-0.3, -0.25) is 4.79 Å². The second-order valence-corrected chi connectivity index (χ2v) is 2.64. The SMILES string of the molecule is C=C(CC)CC(=O)c1ncc[nH]1. The lowest BCUT2D eigenvalue weighted by Crippen LogP contribution is -2.02. The molecule has 0 aliphatic carbocycles. The third-order valence-electron chi connectivity index (χ3n) is 1.67. The van der Waals surface area contributed by atoms with Crippen LogP contribution < -0.4 is 0 Å². The van der Waals surface area contributed by atoms with E-state index in [4.69, 9.17) is 0 Å². The summed E-state index contributed by atoms with van der Waals surface area (Å²) in [5.74, 6) is 0.427. The van der Waals surface area contributed by atoms with Gasteiger partial charge in [0.1, 0.15) is 0 Å². The van der Waals surface area contributed by atoms with Gasteiger partial charge in [-0.2, -0.15) is 0 Å². The van der Waals surface area contributed by atoms with Crippen molar-refractivity contribution in [3.8, 4) is 0 Å². The summed E-state index contributed by atoms with van der Waals surface area (Å²) in [6.45, 7) is 5.74. The van der Waals surface area contributed by atoms with Crippen LogP contribution in [0.1, 0.15) is 30.4 Å². The molecule has 0 amide bonds. The van der Waals surface area contributed by atoms with Crippen LogP contribution >= 0.6 is 0 Å². The highest BCUT2D eigenvalue weighted by Crippen LogP contribution is 2.06. The number of aromatic amines is 1. The molecular formula is C9H12N2O. The van der Waals surface area contributed by atoms with Crippen LogP contribution in [0.5, 0.6) is 0 Å². The van der Waals surface area contributed by atoms with Crippen molar-refractivity contribution < 1.29 is 4.79 Å². The summed E-state index contributed by atoms with van der Waals surface area (Å²) in [4.78, 5) is 17.9. The molecule has 1 heterocycles. The van der Waals surface area contributed by atoms with Gasteiger partial charge in [-0.05, 0) is 6.42 Å². The quantitative estimate of drug-likeness (QED) is 0.546. The Morgan fingerprint density at radius 1 is 1.75 bits per heavy atom. The van der Waals surface area contributed by atoms with Crippen LogP contribution in [0.4, 0.5) is 0 Å². The monoisotopic (exact) mass is 164 g/mol. The van der Waals surface area contributed by atoms with Gasteiger partial charge in [0.05, 0.1) is 0 Å². The maximum atomic E-state index is 11.3. The van der Waals surface area contributed by atoms with Gasteiger partial charge in [-0.25, -0.2) is 4.98 Å². The van der Waals surface area contributed by atoms with Crippen molar-refractivity contribution in [2.24, 2.45) is 0 Å². The topological polar surface area (TPSA) is 45.8 Å². The zero-order valence-electron chi connectivity index (χ0n) is 7.13. The summed E-state index contributed by atoms with van der Waals surface area (Å²) in [5.41, 5.74) is 0.941. The van der Waals surface area contributed by atoms with Crippen LogP contribution in [0.3, 0.4) is 0 Å². The highest BCUT2D eigenvalue weighted by Gasteiger charge is 2.07. The summed E-state index contributed by atoms with van der Waals surface area (Å²) >= 11 is 0. The zero-order valence-corrected chi connectivity index (χ0v) is 7.13. The molecule has 0 aromatic carbocycles. The molecule has 12 heavy (non-hydrogen) atoms. The molecule has 1 rings (SSSR count). The summed E-state index contributed by atoms with van der Waals surface area (Å²) in [5, 5.41) is 0. The Bertz CT molecular complexity index is 275. The van der Waals surface area contributed by atoms with E-state index in [1.54, 1.807) is 12.4 Å². The average molecular weight is 164 g/mol. The number of nitrogens with one attached hydrogen (secondary N) is 1. The molecule has 3 nitrogen and oxygen atoms in total. The van der Waals surface area contributed by atoms with E-state index in [2.05, 4.69) is 16.5 Å². The Balaban J connectivity index is 2.56. The Morgan fingerprint density at radius 2 is 2.50 bits per heavy atom. The lowest BCUT2D eigenvalue weighted by Gasteiger charge is -1.97. The number of allylic oxidation sites excluding steroid dienone is 1. The first kappa shape index (κ1) is 8.71. The second kappa shape index (κ2) is 3.85. The van der Waals surface area contributed by atoms with Crippen LogP contribution in [0.25, 0.3) is 0 Å². The molecule has 3 heteroatoms. The van der Waals surface area contributed by atoms with E-state index in [0.29, 0.717) is 12.2 Å². The van der Waals surface area contributed by atoms with Gasteiger partial charge in [-0.15, -0.1) is 0 Å². The number of carbonyl (C=O) groups excluding carboxylic acids is 1. The van der Waals surface area contributed by atoms with Crippen LogP contribution in [-0.4, -0.2) is 15.8 Å². The van der Waals surface area contributed by atoms with E-state index >= 15 is 0 Å². The first-order valence-electron chi connectivity index (χ1n) is 3.93. The van der Waals surface area contributed by atoms with E-state index in [1.165, 1.54) is 0 Å². The van der Waals surface area contributed by atoms with Gasteiger partial charge in [-0.1, -0.05) is 19.1 Å². The predicted molar refractivity (Wildman–Crippen MR) is 47.0 cm³/mol. The number of nitrogens with zero attached hydrogens (tertiary/aromatic N) is 1. The lowest BCUT2D eigenvalue weighted by molar-refractivity contribution is 0.0983. The number of hydrogen-bond donors (Lipinski definition) is 1. The van der Waals surface area contributed by atoms with Crippen molar-refractivity contribution in [1.29, 1.82) is 0 Å². The third-order valence-corrected chi connectivity index (χ3v) is 1.67. The van der Waals surface area contributed by atoms with E-state index < -0.39 is 0 Å². The van der Waals surface area contributed by atoms with Crippen molar-refractivity contribution in [2.75, 3.05) is 0 Å². The molecule has 1 N–H and O–H groups in total. The molecular weight excluding hydrogens is 152 g/mol. The minimum atomic E-state index is 0.00634. The smallest absolute Gasteiger partial charge is 0.202 e. The molecule has 0 aliphatic rings. The number of imidazole rings is 1. The Kier molecular flexibility index (Phi) is 2.80. The summed E-state index contributed by atoms with van der Waals surface area (Å²) in [6, 6.07) is 0. The molecule has 0 saturated carbocycles. The Hall–Kier alpha value is -1.38. The minimum absolute atomic E-state index is 0.00634. The standard InChI is InChI=1S/C9H12N2O/c1-3-7(2)6-8(12)9-10-4-5-11-9/h4-5H,2-3,6H2,1H3,(H,10,11). The Morgan fingerprint density at radius 3 is 3.00 bits per heavy atom. The number of carbonyl (C=O) groups is 1. The van der Waals surface area contributed by atoms with Gasteiger partial charge in [0.15, 0.2) is 5.82 Å². The fourth-order valence-corrected chi connectivity index (χ4v) is 0.854. The average Bonchev–Trinajstić information content (AvgIpc) is 2.56. The van der Waals surface area contributed by atoms with Crippen molar-refractivity contribution >= 4 is 5.78 Å². The first-order valence-corrected chi connectivity index (χ1v) is 3.93. The van der Waals surface area contributed by atoms with Gasteiger partial charge in [0.25, 0.3) is 0 Å². The highest BCUT2D eigenvalue weighted by molar-refractivity contribution is 5.93. The van der Waals surface area contributed by atoms with Crippen molar-refractivity contribution in [2.45, 2.75) is 19.8 Å². The van der Waals surface area contributed by atoms with Gasteiger partial charge < -0.3 is 4.98 Å². The van der Waals surface area contributed by atoms with Crippen LogP contribution in [0.15, 0.2) is 24.5 Å². The molecule has 64 valence electrons. The molecule has 0 radical (unpaired) electrons. The second-order valence-electron chi connectivity index (χ2n) is 2.64. The summed E-state index contributed by atoms with van der Waals surface area (Å²) < 4.78 is 0. The van der Waals surface area contributed by atoms with Crippen LogP contribution in [-0.2, 0) is 0 Å². The number of H-pyrrole nitrogens is 1. The zero-order chi connectivity index (χ0) is 8.97. The Labute approximate surface area is 71.5 Å². The fourth-order valence-electron chi connectivity index (χ4n) is 0.854. The van der Waals surface area contributed by atoms with Crippen molar-refractivity contribution in [1.82, 2.24) is 9.97 Å². The van der Waals surface area contributed by atoms with E-state index in [1.807, 2.05) is 6.92 Å². The number of aromatic nitrogens is 2. The normalized spacial score (nSPS) is 9.75. The van der Waals surface area contributed by atoms with Crippen molar-refractivity contribution in [3.05, 3.63) is 30.4 Å². The third kappa shape index (κ3) is 2.05. The van der Waals surface area contributed by atoms with Gasteiger partial charge >= 0.3 is 0 Å². The largest absolute Gasteiger partial charge is 0.342 e. The molecule has 0 aliphatic heterocycles.